The van der Waals surface area contributed by atoms with Crippen molar-refractivity contribution in [3.8, 4) is 5.75 Å². The van der Waals surface area contributed by atoms with Gasteiger partial charge in [0.05, 0.1) is 12.8 Å². The molecule has 1 aliphatic rings. The molecule has 0 spiro atoms. The number of carbonyl (C=O) groups is 2. The topological polar surface area (TPSA) is 58.6 Å². The van der Waals surface area contributed by atoms with Crippen LogP contribution in [0.2, 0.25) is 5.02 Å². The molecule has 1 N–H and O–H groups in total. The average Bonchev–Trinajstić information content (AvgIpc) is 2.95. The number of methoxy groups -OCH3 is 1. The van der Waals surface area contributed by atoms with Crippen molar-refractivity contribution in [2.75, 3.05) is 19.0 Å². The minimum absolute atomic E-state index is 0.108. The number of rotatable bonds is 3. The summed E-state index contributed by atoms with van der Waals surface area (Å²) in [6.45, 7) is -0.108. The van der Waals surface area contributed by atoms with E-state index in [1.54, 1.807) is 6.07 Å². The lowest BCUT2D eigenvalue weighted by Crippen LogP contribution is -2.48. The summed E-state index contributed by atoms with van der Waals surface area (Å²) in [7, 11) is 1.38. The summed E-state index contributed by atoms with van der Waals surface area (Å²) in [5, 5.41) is 2.80. The zero-order chi connectivity index (χ0) is 17.2. The number of hydrogen-bond acceptors (Lipinski definition) is 3. The normalized spacial score (nSPS) is 18.0. The zero-order valence-electron chi connectivity index (χ0n) is 12.1. The molecular formula is C14H14ClF3N2O3. The zero-order valence-corrected chi connectivity index (χ0v) is 12.9. The van der Waals surface area contributed by atoms with Crippen molar-refractivity contribution in [3.05, 3.63) is 23.2 Å². The van der Waals surface area contributed by atoms with E-state index in [0.717, 1.165) is 0 Å². The van der Waals surface area contributed by atoms with Crippen molar-refractivity contribution in [2.45, 2.75) is 25.1 Å². The molecule has 1 unspecified atom stereocenters. The second-order valence-electron chi connectivity index (χ2n) is 4.99. The van der Waals surface area contributed by atoms with Gasteiger partial charge < -0.3 is 15.0 Å². The first-order valence-electron chi connectivity index (χ1n) is 6.76. The van der Waals surface area contributed by atoms with Crippen LogP contribution < -0.4 is 10.1 Å². The number of carbonyl (C=O) groups excluding carboxylic acids is 2. The molecule has 0 aliphatic carbocycles. The molecule has 23 heavy (non-hydrogen) atoms. The molecule has 1 fully saturated rings. The van der Waals surface area contributed by atoms with Crippen LogP contribution in [0.25, 0.3) is 0 Å². The van der Waals surface area contributed by atoms with Crippen LogP contribution in [0.1, 0.15) is 12.8 Å². The lowest BCUT2D eigenvalue weighted by molar-refractivity contribution is -0.186. The van der Waals surface area contributed by atoms with E-state index in [1.165, 1.54) is 19.2 Å². The molecule has 0 bridgehead atoms. The lowest BCUT2D eigenvalue weighted by atomic mass is 10.2. The van der Waals surface area contributed by atoms with E-state index in [9.17, 15) is 22.8 Å². The number of likely N-dealkylation sites (tertiary alicyclic amines) is 1. The van der Waals surface area contributed by atoms with Crippen molar-refractivity contribution in [1.82, 2.24) is 4.90 Å². The summed E-state index contributed by atoms with van der Waals surface area (Å²) >= 11 is 5.84. The summed E-state index contributed by atoms with van der Waals surface area (Å²) in [5.41, 5.74) is 0.233. The Hall–Kier alpha value is -1.96. The monoisotopic (exact) mass is 350 g/mol. The quantitative estimate of drug-likeness (QED) is 0.912. The number of hydrogen-bond donors (Lipinski definition) is 1. The third-order valence-electron chi connectivity index (χ3n) is 3.48. The van der Waals surface area contributed by atoms with E-state index in [1.807, 2.05) is 0 Å². The first-order valence-corrected chi connectivity index (χ1v) is 7.14. The van der Waals surface area contributed by atoms with Crippen LogP contribution in [-0.4, -0.2) is 42.6 Å². The van der Waals surface area contributed by atoms with Crippen molar-refractivity contribution >= 4 is 29.1 Å². The fourth-order valence-electron chi connectivity index (χ4n) is 2.44. The van der Waals surface area contributed by atoms with Crippen molar-refractivity contribution in [2.24, 2.45) is 0 Å². The molecule has 1 saturated heterocycles. The maximum atomic E-state index is 12.6. The number of anilines is 1. The summed E-state index contributed by atoms with van der Waals surface area (Å²) in [6, 6.07) is 3.31. The number of amides is 2. The molecule has 0 radical (unpaired) electrons. The van der Waals surface area contributed by atoms with E-state index >= 15 is 0 Å². The van der Waals surface area contributed by atoms with Gasteiger partial charge in [0.15, 0.2) is 0 Å². The van der Waals surface area contributed by atoms with Gasteiger partial charge in [0.25, 0.3) is 0 Å². The van der Waals surface area contributed by atoms with Gasteiger partial charge in [-0.2, -0.15) is 13.2 Å². The van der Waals surface area contributed by atoms with E-state index in [4.69, 9.17) is 16.3 Å². The molecule has 1 heterocycles. The Morgan fingerprint density at radius 1 is 1.39 bits per heavy atom. The number of nitrogens with zero attached hydrogens (tertiary/aromatic N) is 1. The highest BCUT2D eigenvalue weighted by Crippen LogP contribution is 2.30. The van der Waals surface area contributed by atoms with E-state index < -0.39 is 24.0 Å². The molecule has 126 valence electrons. The van der Waals surface area contributed by atoms with Crippen LogP contribution in [-0.2, 0) is 9.59 Å². The van der Waals surface area contributed by atoms with Crippen LogP contribution in [0.5, 0.6) is 5.75 Å². The third kappa shape index (κ3) is 3.87. The number of ether oxygens (including phenoxy) is 1. The Kier molecular flexibility index (Phi) is 5.03. The maximum Gasteiger partial charge on any atom is 0.471 e. The van der Waals surface area contributed by atoms with Gasteiger partial charge in [-0.3, -0.25) is 9.59 Å². The number of halogens is 4. The highest BCUT2D eigenvalue weighted by Gasteiger charge is 2.47. The highest BCUT2D eigenvalue weighted by atomic mass is 35.5. The molecule has 2 rings (SSSR count). The van der Waals surface area contributed by atoms with Crippen LogP contribution >= 0.6 is 11.6 Å². The predicted octanol–water partition coefficient (Wildman–Crippen LogP) is 2.84. The summed E-state index contributed by atoms with van der Waals surface area (Å²) in [6.07, 6.45) is -4.51. The predicted molar refractivity (Wildman–Crippen MR) is 77.4 cm³/mol. The fraction of sp³-hybridized carbons (Fsp3) is 0.429. The largest absolute Gasteiger partial charge is 0.495 e. The van der Waals surface area contributed by atoms with Crippen LogP contribution in [0.3, 0.4) is 0 Å². The number of benzene rings is 1. The molecule has 0 aromatic heterocycles. The standard InChI is InChI=1S/C14H14ClF3N2O3/c1-23-11-5-4-8(15)7-9(11)19-12(21)10-3-2-6-20(10)13(22)14(16,17)18/h4-5,7,10H,2-3,6H2,1H3,(H,19,21). The molecule has 1 aromatic carbocycles. The van der Waals surface area contributed by atoms with E-state index in [0.29, 0.717) is 22.1 Å². The van der Waals surface area contributed by atoms with Gasteiger partial charge in [-0.05, 0) is 31.0 Å². The minimum atomic E-state index is -5.00. The summed E-state index contributed by atoms with van der Waals surface area (Å²) < 4.78 is 42.8. The summed E-state index contributed by atoms with van der Waals surface area (Å²) in [5.74, 6) is -2.40. The van der Waals surface area contributed by atoms with Crippen LogP contribution in [0.4, 0.5) is 18.9 Å². The maximum absolute atomic E-state index is 12.6. The molecule has 1 atom stereocenters. The van der Waals surface area contributed by atoms with Gasteiger partial charge in [0.1, 0.15) is 11.8 Å². The minimum Gasteiger partial charge on any atom is -0.495 e. The van der Waals surface area contributed by atoms with Gasteiger partial charge >= 0.3 is 12.1 Å². The van der Waals surface area contributed by atoms with Gasteiger partial charge in [-0.15, -0.1) is 0 Å². The number of nitrogens with one attached hydrogen (secondary N) is 1. The van der Waals surface area contributed by atoms with Gasteiger partial charge in [0.2, 0.25) is 5.91 Å². The average molecular weight is 351 g/mol. The molecule has 9 heteroatoms. The lowest BCUT2D eigenvalue weighted by Gasteiger charge is -2.25. The van der Waals surface area contributed by atoms with Crippen molar-refractivity contribution < 1.29 is 27.5 Å². The van der Waals surface area contributed by atoms with Crippen LogP contribution in [0.15, 0.2) is 18.2 Å². The molecule has 1 aromatic rings. The Morgan fingerprint density at radius 3 is 2.70 bits per heavy atom. The van der Waals surface area contributed by atoms with Crippen molar-refractivity contribution in [3.63, 3.8) is 0 Å². The molecule has 5 nitrogen and oxygen atoms in total. The Morgan fingerprint density at radius 2 is 2.09 bits per heavy atom. The second-order valence-corrected chi connectivity index (χ2v) is 5.42. The highest BCUT2D eigenvalue weighted by molar-refractivity contribution is 6.31. The van der Waals surface area contributed by atoms with Gasteiger partial charge in [0, 0.05) is 11.6 Å². The summed E-state index contributed by atoms with van der Waals surface area (Å²) in [4.78, 5) is 24.2. The van der Waals surface area contributed by atoms with Crippen molar-refractivity contribution in [1.29, 1.82) is 0 Å². The molecule has 0 saturated carbocycles. The molecular weight excluding hydrogens is 337 g/mol. The fourth-order valence-corrected chi connectivity index (χ4v) is 2.61. The number of alkyl halides is 3. The van der Waals surface area contributed by atoms with Gasteiger partial charge in [-0.1, -0.05) is 11.6 Å². The third-order valence-corrected chi connectivity index (χ3v) is 3.71. The van der Waals surface area contributed by atoms with Crippen LogP contribution in [0, 0.1) is 0 Å². The Bertz CT molecular complexity index is 622. The smallest absolute Gasteiger partial charge is 0.471 e. The van der Waals surface area contributed by atoms with E-state index in [-0.39, 0.29) is 18.7 Å². The second kappa shape index (κ2) is 6.66. The first kappa shape index (κ1) is 17.4. The van der Waals surface area contributed by atoms with E-state index in [2.05, 4.69) is 5.32 Å². The molecule has 1 aliphatic heterocycles. The molecule has 2 amide bonds. The Labute approximate surface area is 135 Å². The van der Waals surface area contributed by atoms with Gasteiger partial charge in [-0.25, -0.2) is 0 Å². The SMILES string of the molecule is COc1ccc(Cl)cc1NC(=O)C1CCCN1C(=O)C(F)(F)F. The first-order chi connectivity index (χ1) is 10.7. The Balaban J connectivity index is 2.17.